The minimum Gasteiger partial charge on any atom is -0.474 e. The van der Waals surface area contributed by atoms with Crippen molar-refractivity contribution in [3.05, 3.63) is 66.8 Å². The molecule has 0 aliphatic heterocycles. The maximum absolute atomic E-state index is 11.8. The fraction of sp³-hybridized carbons (Fsp3) is 0.409. The number of halogens is 2. The number of carboxylic acids is 1. The molecule has 0 atom stereocenters. The van der Waals surface area contributed by atoms with Crippen molar-refractivity contribution in [2.45, 2.75) is 54.3 Å². The fourth-order valence-electron chi connectivity index (χ4n) is 2.38. The molecular weight excluding hydrogens is 550 g/mol. The lowest BCUT2D eigenvalue weighted by Gasteiger charge is -2.18. The van der Waals surface area contributed by atoms with Crippen LogP contribution in [0.2, 0.25) is 0 Å². The van der Waals surface area contributed by atoms with Crippen LogP contribution in [0.4, 0.5) is 0 Å². The van der Waals surface area contributed by atoms with Crippen LogP contribution in [0.3, 0.4) is 0 Å². The van der Waals surface area contributed by atoms with Gasteiger partial charge in [0.05, 0.1) is 0 Å². The number of benzene rings is 2. The van der Waals surface area contributed by atoms with E-state index < -0.39 is 48.4 Å². The van der Waals surface area contributed by atoms with Crippen LogP contribution in [0, 0.1) is 7.14 Å². The second kappa shape index (κ2) is 8.59. The van der Waals surface area contributed by atoms with Crippen LogP contribution in [-0.2, 0) is 15.6 Å². The van der Waals surface area contributed by atoms with Gasteiger partial charge in [-0.1, -0.05) is 65.8 Å². The van der Waals surface area contributed by atoms with Crippen molar-refractivity contribution in [1.29, 1.82) is 0 Å². The Labute approximate surface area is 178 Å². The molecule has 2 nitrogen and oxygen atoms in total. The summed E-state index contributed by atoms with van der Waals surface area (Å²) in [6, 6.07) is 17.2. The molecule has 0 aliphatic carbocycles. The number of hydrogen-bond acceptors (Lipinski definition) is 1. The highest BCUT2D eigenvalue weighted by Crippen LogP contribution is 2.21. The minimum atomic E-state index is -0.634. The Kier molecular flexibility index (Phi) is 7.16. The summed E-state index contributed by atoms with van der Waals surface area (Å²) < 4.78 is 2.25. The second-order valence-electron chi connectivity index (χ2n) is 8.37. The first kappa shape index (κ1) is 21.7. The van der Waals surface area contributed by atoms with Crippen LogP contribution in [0.5, 0.6) is 0 Å². The molecule has 0 amide bonds. The van der Waals surface area contributed by atoms with E-state index in [1.807, 2.05) is 0 Å². The number of carbonyl (C=O) groups is 1. The predicted octanol–water partition coefficient (Wildman–Crippen LogP) is -1.09. The molecule has 0 unspecified atom stereocenters. The Morgan fingerprint density at radius 2 is 1.04 bits per heavy atom. The zero-order valence-corrected chi connectivity index (χ0v) is 20.6. The van der Waals surface area contributed by atoms with E-state index in [2.05, 4.69) is 90.1 Å². The first-order chi connectivity index (χ1) is 12.0. The van der Waals surface area contributed by atoms with Crippen molar-refractivity contribution >= 4 is 5.97 Å². The molecule has 0 aliphatic rings. The van der Waals surface area contributed by atoms with Crippen LogP contribution in [-0.4, -0.2) is 13.0 Å². The molecule has 0 spiro atoms. The quantitative estimate of drug-likeness (QED) is 0.362. The number of alkyl halides is 2. The van der Waals surface area contributed by atoms with Gasteiger partial charge in [0.25, 0.3) is 0 Å². The molecule has 0 aromatic heterocycles. The smallest absolute Gasteiger partial charge is 0.439 e. The monoisotopic (exact) mass is 578 g/mol. The van der Waals surface area contributed by atoms with Crippen molar-refractivity contribution in [2.24, 2.45) is 0 Å². The van der Waals surface area contributed by atoms with Crippen molar-refractivity contribution in [3.8, 4) is 0 Å². The van der Waals surface area contributed by atoms with Crippen molar-refractivity contribution in [3.63, 3.8) is 0 Å². The van der Waals surface area contributed by atoms with Crippen LogP contribution >= 0.6 is 0 Å². The molecule has 4 heteroatoms. The van der Waals surface area contributed by atoms with E-state index in [9.17, 15) is 9.90 Å². The van der Waals surface area contributed by atoms with E-state index in [1.165, 1.54) is 18.3 Å². The van der Waals surface area contributed by atoms with Crippen molar-refractivity contribution in [1.82, 2.24) is 0 Å². The summed E-state index contributed by atoms with van der Waals surface area (Å²) >= 11 is -1.07. The highest BCUT2D eigenvalue weighted by molar-refractivity contribution is 5.69. The van der Waals surface area contributed by atoms with Gasteiger partial charge >= 0.3 is 50.3 Å². The molecule has 0 radical (unpaired) electrons. The second-order valence-corrected chi connectivity index (χ2v) is 17.0. The lowest BCUT2D eigenvalue weighted by atomic mass is 9.87. The molecule has 0 heterocycles. The van der Waals surface area contributed by atoms with Crippen LogP contribution in [0.25, 0.3) is 0 Å². The van der Waals surface area contributed by atoms with Gasteiger partial charge in [0.1, 0.15) is 0 Å². The molecule has 0 bridgehead atoms. The molecule has 140 valence electrons. The predicted molar refractivity (Wildman–Crippen MR) is 99.1 cm³/mol. The topological polar surface area (TPSA) is 37.3 Å². The van der Waals surface area contributed by atoms with E-state index in [-0.39, 0.29) is 12.8 Å². The maximum atomic E-state index is 11.8. The van der Waals surface area contributed by atoms with Crippen LogP contribution < -0.4 is 42.4 Å². The molecule has 1 N–H and O–H groups in total. The van der Waals surface area contributed by atoms with Gasteiger partial charge in [-0.3, -0.25) is 0 Å². The van der Waals surface area contributed by atoms with Gasteiger partial charge in [0.15, 0.2) is 7.14 Å². The zero-order valence-electron chi connectivity index (χ0n) is 16.3. The Bertz CT molecular complexity index is 676. The van der Waals surface area contributed by atoms with Gasteiger partial charge in [0, 0.05) is 0 Å². The van der Waals surface area contributed by atoms with Crippen molar-refractivity contribution < 1.29 is 52.3 Å². The van der Waals surface area contributed by atoms with Crippen molar-refractivity contribution in [2.75, 3.05) is 0 Å². The molecule has 0 saturated heterocycles. The van der Waals surface area contributed by atoms with Crippen LogP contribution in [0.15, 0.2) is 48.5 Å². The number of aliphatic carboxylic acids is 1. The Morgan fingerprint density at radius 3 is 1.27 bits per heavy atom. The van der Waals surface area contributed by atoms with Gasteiger partial charge in [-0.05, 0) is 46.2 Å². The van der Waals surface area contributed by atoms with E-state index in [0.717, 1.165) is 0 Å². The average molecular weight is 578 g/mol. The lowest BCUT2D eigenvalue weighted by Crippen LogP contribution is -3.87. The van der Waals surface area contributed by atoms with Gasteiger partial charge in [0.2, 0.25) is 0 Å². The van der Waals surface area contributed by atoms with E-state index in [0.29, 0.717) is 0 Å². The third-order valence-electron chi connectivity index (χ3n) is 4.05. The van der Waals surface area contributed by atoms with Crippen LogP contribution in [0.1, 0.15) is 52.7 Å². The maximum Gasteiger partial charge on any atom is 0.439 e. The van der Waals surface area contributed by atoms with E-state index in [4.69, 9.17) is 0 Å². The summed E-state index contributed by atoms with van der Waals surface area (Å²) in [5.74, 6) is -0.634. The summed E-state index contributed by atoms with van der Waals surface area (Å²) in [4.78, 5) is 11.8. The molecule has 2 aromatic rings. The minimum absolute atomic E-state index is 0.130. The molecule has 0 saturated carbocycles. The summed E-state index contributed by atoms with van der Waals surface area (Å²) in [6.45, 7) is 13.2. The fourth-order valence-corrected chi connectivity index (χ4v) is 10.3. The molecule has 26 heavy (non-hydrogen) atoms. The Morgan fingerprint density at radius 1 is 0.731 bits per heavy atom. The average Bonchev–Trinajstić information content (AvgIpc) is 2.53. The van der Waals surface area contributed by atoms with Gasteiger partial charge in [-0.2, -0.15) is 0 Å². The van der Waals surface area contributed by atoms with E-state index >= 15 is 0 Å². The normalized spacial score (nSPS) is 12.4. The van der Waals surface area contributed by atoms with Gasteiger partial charge in [-0.25, -0.2) is 4.79 Å². The Balaban J connectivity index is 2.11. The third kappa shape index (κ3) is 6.22. The number of carboxylic acid groups (broad SMARTS) is 1. The largest absolute Gasteiger partial charge is 0.474 e. The van der Waals surface area contributed by atoms with Gasteiger partial charge in [-0.15, -0.1) is 0 Å². The lowest BCUT2D eigenvalue weighted by molar-refractivity contribution is -0.865. The summed E-state index contributed by atoms with van der Waals surface area (Å²) in [6.07, 6.45) is 0. The molecule has 2 rings (SSSR count). The standard InChI is InChI=1S/C22H27I2O2/c1-21(2,3)15-7-11-17(12-8-15)23-19(20(25)26)24-18-13-9-16(10-14-18)22(4,5)6/h7-14,19H,1-6H3/q+1/p+1. The Hall–Kier alpha value is -0.630. The first-order valence-electron chi connectivity index (χ1n) is 8.67. The summed E-state index contributed by atoms with van der Waals surface area (Å²) in [5, 5.41) is 9.72. The highest BCUT2D eigenvalue weighted by Gasteiger charge is 2.47. The van der Waals surface area contributed by atoms with E-state index in [1.54, 1.807) is 0 Å². The number of rotatable bonds is 5. The molecule has 2 aromatic carbocycles. The highest BCUT2D eigenvalue weighted by atomic mass is 127. The van der Waals surface area contributed by atoms with Gasteiger partial charge < -0.3 is 5.11 Å². The first-order valence-corrected chi connectivity index (χ1v) is 13.3. The third-order valence-corrected chi connectivity index (χ3v) is 12.2. The number of hydrogen-bond donors (Lipinski definition) is 1. The molecular formula is C22H28I2O2+2. The summed E-state index contributed by atoms with van der Waals surface area (Å²) in [7, 11) is 0. The zero-order chi connectivity index (χ0) is 19.5. The molecule has 0 fully saturated rings. The summed E-state index contributed by atoms with van der Waals surface area (Å²) in [5.41, 5.74) is 2.85. The SMILES string of the molecule is CC(C)(C)c1ccc([I+]C([I+]c2ccc(C(C)(C)C)cc2)C(=O)O)cc1.